The molecule has 4 heteroatoms. The van der Waals surface area contributed by atoms with E-state index in [-0.39, 0.29) is 12.2 Å². The van der Waals surface area contributed by atoms with Gasteiger partial charge >= 0.3 is 0 Å². The maximum atomic E-state index is 6.19. The highest BCUT2D eigenvalue weighted by Crippen LogP contribution is 2.51. The van der Waals surface area contributed by atoms with Crippen LogP contribution in [0.1, 0.15) is 43.4 Å². The van der Waals surface area contributed by atoms with E-state index in [0.717, 1.165) is 43.1 Å². The Kier molecular flexibility index (Phi) is 3.44. The molecule has 22 heavy (non-hydrogen) atoms. The van der Waals surface area contributed by atoms with Crippen LogP contribution in [-0.2, 0) is 19.3 Å². The fourth-order valence-electron chi connectivity index (χ4n) is 4.17. The van der Waals surface area contributed by atoms with Gasteiger partial charge in [0.1, 0.15) is 18.0 Å². The second-order valence-electron chi connectivity index (χ2n) is 6.89. The molecular weight excluding hydrogens is 278 g/mol. The summed E-state index contributed by atoms with van der Waals surface area (Å²) in [6.45, 7) is 5.40. The maximum Gasteiger partial charge on any atom is 0.168 e. The average Bonchev–Trinajstić information content (AvgIpc) is 3.18. The molecule has 4 nitrogen and oxygen atoms in total. The van der Waals surface area contributed by atoms with Gasteiger partial charge in [-0.15, -0.1) is 0 Å². The van der Waals surface area contributed by atoms with Gasteiger partial charge in [0.2, 0.25) is 0 Å². The normalized spacial score (nSPS) is 29.0. The molecule has 3 aliphatic heterocycles. The molecule has 0 saturated carbocycles. The molecule has 4 rings (SSSR count). The van der Waals surface area contributed by atoms with Crippen LogP contribution in [-0.4, -0.2) is 31.9 Å². The largest absolute Gasteiger partial charge is 0.492 e. The first kappa shape index (κ1) is 14.2. The lowest BCUT2D eigenvalue weighted by Gasteiger charge is -2.19. The lowest BCUT2D eigenvalue weighted by Crippen LogP contribution is -2.24. The van der Waals surface area contributed by atoms with Crippen LogP contribution in [0, 0.1) is 0 Å². The standard InChI is InChI=1S/C18H25NO3/c1-10-7-13-14(9-12-5-4-6-19-12)16-15(8-11(2)21-16)17(20-3)18(13)22-10/h10-12,19H,4-9H2,1-3H3. The van der Waals surface area contributed by atoms with Crippen molar-refractivity contribution in [2.75, 3.05) is 13.7 Å². The van der Waals surface area contributed by atoms with E-state index in [9.17, 15) is 0 Å². The third kappa shape index (κ3) is 2.16. The van der Waals surface area contributed by atoms with E-state index in [1.54, 1.807) is 7.11 Å². The van der Waals surface area contributed by atoms with Gasteiger partial charge in [-0.05, 0) is 39.7 Å². The van der Waals surface area contributed by atoms with E-state index < -0.39 is 0 Å². The Labute approximate surface area is 132 Å². The molecule has 3 unspecified atom stereocenters. The highest BCUT2D eigenvalue weighted by atomic mass is 16.5. The van der Waals surface area contributed by atoms with Crippen molar-refractivity contribution in [1.29, 1.82) is 0 Å². The number of ether oxygens (including phenoxy) is 3. The molecule has 3 atom stereocenters. The van der Waals surface area contributed by atoms with E-state index in [2.05, 4.69) is 19.2 Å². The SMILES string of the molecule is COc1c2c(c(CC3CCCN3)c3c1OC(C)C3)OC(C)C2. The molecule has 3 aliphatic rings. The molecule has 0 spiro atoms. The van der Waals surface area contributed by atoms with Gasteiger partial charge in [-0.3, -0.25) is 0 Å². The number of rotatable bonds is 3. The van der Waals surface area contributed by atoms with Crippen molar-refractivity contribution in [1.82, 2.24) is 5.32 Å². The highest BCUT2D eigenvalue weighted by Gasteiger charge is 2.37. The first-order chi connectivity index (χ1) is 10.7. The zero-order chi connectivity index (χ0) is 15.3. The van der Waals surface area contributed by atoms with Gasteiger partial charge in [-0.1, -0.05) is 0 Å². The molecular formula is C18H25NO3. The summed E-state index contributed by atoms with van der Waals surface area (Å²) in [7, 11) is 1.74. The van der Waals surface area contributed by atoms with Crippen LogP contribution in [0.3, 0.4) is 0 Å². The molecule has 1 aromatic carbocycles. The third-order valence-corrected chi connectivity index (χ3v) is 5.11. The van der Waals surface area contributed by atoms with Gasteiger partial charge in [0.15, 0.2) is 11.5 Å². The zero-order valence-electron chi connectivity index (χ0n) is 13.7. The van der Waals surface area contributed by atoms with Crippen LogP contribution in [0.5, 0.6) is 17.2 Å². The Morgan fingerprint density at radius 3 is 2.50 bits per heavy atom. The molecule has 120 valence electrons. The molecule has 0 radical (unpaired) electrons. The predicted octanol–water partition coefficient (Wildman–Crippen LogP) is 2.64. The van der Waals surface area contributed by atoms with Crippen molar-refractivity contribution in [3.8, 4) is 17.2 Å². The van der Waals surface area contributed by atoms with Crippen LogP contribution < -0.4 is 19.5 Å². The zero-order valence-corrected chi connectivity index (χ0v) is 13.7. The van der Waals surface area contributed by atoms with Crippen molar-refractivity contribution in [2.45, 2.75) is 64.2 Å². The smallest absolute Gasteiger partial charge is 0.168 e. The summed E-state index contributed by atoms with van der Waals surface area (Å²) in [5.41, 5.74) is 3.88. The first-order valence-corrected chi connectivity index (χ1v) is 8.48. The Hall–Kier alpha value is -1.42. The molecule has 1 saturated heterocycles. The quantitative estimate of drug-likeness (QED) is 0.932. The summed E-state index contributed by atoms with van der Waals surface area (Å²) in [6, 6.07) is 0.567. The number of benzene rings is 1. The predicted molar refractivity (Wildman–Crippen MR) is 85.3 cm³/mol. The Morgan fingerprint density at radius 2 is 1.82 bits per heavy atom. The molecule has 1 N–H and O–H groups in total. The van der Waals surface area contributed by atoms with Crippen LogP contribution >= 0.6 is 0 Å². The second kappa shape index (κ2) is 5.34. The lowest BCUT2D eigenvalue weighted by molar-refractivity contribution is 0.242. The first-order valence-electron chi connectivity index (χ1n) is 8.48. The van der Waals surface area contributed by atoms with E-state index >= 15 is 0 Å². The summed E-state index contributed by atoms with van der Waals surface area (Å²) >= 11 is 0. The lowest BCUT2D eigenvalue weighted by atomic mass is 9.92. The van der Waals surface area contributed by atoms with E-state index in [1.165, 1.54) is 29.5 Å². The molecule has 0 aromatic heterocycles. The van der Waals surface area contributed by atoms with E-state index in [4.69, 9.17) is 14.2 Å². The van der Waals surface area contributed by atoms with Gasteiger partial charge in [0, 0.05) is 35.6 Å². The molecule has 1 fully saturated rings. The topological polar surface area (TPSA) is 39.7 Å². The minimum absolute atomic E-state index is 0.221. The van der Waals surface area contributed by atoms with Crippen molar-refractivity contribution < 1.29 is 14.2 Å². The van der Waals surface area contributed by atoms with Gasteiger partial charge in [-0.25, -0.2) is 0 Å². The monoisotopic (exact) mass is 303 g/mol. The minimum Gasteiger partial charge on any atom is -0.492 e. The third-order valence-electron chi connectivity index (χ3n) is 5.11. The fourth-order valence-corrected chi connectivity index (χ4v) is 4.17. The van der Waals surface area contributed by atoms with Crippen molar-refractivity contribution in [3.05, 3.63) is 16.7 Å². The Morgan fingerprint density at radius 1 is 1.09 bits per heavy atom. The Bertz CT molecular complexity index is 553. The van der Waals surface area contributed by atoms with E-state index in [0.29, 0.717) is 6.04 Å². The highest BCUT2D eigenvalue weighted by molar-refractivity contribution is 5.66. The van der Waals surface area contributed by atoms with Gasteiger partial charge in [0.25, 0.3) is 0 Å². The maximum absolute atomic E-state index is 6.19. The van der Waals surface area contributed by atoms with Gasteiger partial charge < -0.3 is 19.5 Å². The molecule has 3 heterocycles. The van der Waals surface area contributed by atoms with Crippen molar-refractivity contribution in [2.24, 2.45) is 0 Å². The summed E-state index contributed by atoms with van der Waals surface area (Å²) in [5, 5.41) is 3.61. The van der Waals surface area contributed by atoms with Crippen LogP contribution in [0.25, 0.3) is 0 Å². The summed E-state index contributed by atoms with van der Waals surface area (Å²) < 4.78 is 18.0. The van der Waals surface area contributed by atoms with Crippen molar-refractivity contribution in [3.63, 3.8) is 0 Å². The molecule has 0 bridgehead atoms. The number of fused-ring (bicyclic) bond motifs is 2. The van der Waals surface area contributed by atoms with Crippen LogP contribution in [0.15, 0.2) is 0 Å². The van der Waals surface area contributed by atoms with Gasteiger partial charge in [0.05, 0.1) is 7.11 Å². The molecule has 1 aromatic rings. The molecule has 0 aliphatic carbocycles. The number of hydrogen-bond acceptors (Lipinski definition) is 4. The van der Waals surface area contributed by atoms with Crippen LogP contribution in [0.2, 0.25) is 0 Å². The summed E-state index contributed by atoms with van der Waals surface area (Å²) in [4.78, 5) is 0. The second-order valence-corrected chi connectivity index (χ2v) is 6.89. The summed E-state index contributed by atoms with van der Waals surface area (Å²) in [5.74, 6) is 2.95. The molecule has 0 amide bonds. The minimum atomic E-state index is 0.221. The number of methoxy groups -OCH3 is 1. The van der Waals surface area contributed by atoms with Crippen molar-refractivity contribution >= 4 is 0 Å². The number of nitrogens with one attached hydrogen (secondary N) is 1. The summed E-state index contributed by atoms with van der Waals surface area (Å²) in [6.07, 6.45) is 5.88. The number of hydrogen-bond donors (Lipinski definition) is 1. The fraction of sp³-hybridized carbons (Fsp3) is 0.667. The Balaban J connectivity index is 1.82. The average molecular weight is 303 g/mol. The van der Waals surface area contributed by atoms with Crippen LogP contribution in [0.4, 0.5) is 0 Å². The van der Waals surface area contributed by atoms with E-state index in [1.807, 2.05) is 0 Å². The van der Waals surface area contributed by atoms with Gasteiger partial charge in [-0.2, -0.15) is 0 Å².